The number of carbonyl (C=O) groups excluding carboxylic acids is 2. The summed E-state index contributed by atoms with van der Waals surface area (Å²) in [7, 11) is 0. The van der Waals surface area contributed by atoms with Gasteiger partial charge in [0.05, 0.1) is 6.26 Å². The molecule has 2 amide bonds. The maximum Gasteiger partial charge on any atom is 0.225 e. The summed E-state index contributed by atoms with van der Waals surface area (Å²) in [4.78, 5) is 24.9. The van der Waals surface area contributed by atoms with Crippen molar-refractivity contribution in [2.24, 2.45) is 11.8 Å². The van der Waals surface area contributed by atoms with Gasteiger partial charge in [0, 0.05) is 24.9 Å². The molecule has 1 saturated heterocycles. The van der Waals surface area contributed by atoms with E-state index in [1.54, 1.807) is 23.1 Å². The molecule has 1 saturated carbocycles. The van der Waals surface area contributed by atoms with Crippen LogP contribution in [0.3, 0.4) is 0 Å². The van der Waals surface area contributed by atoms with E-state index in [9.17, 15) is 9.59 Å². The first kappa shape index (κ1) is 20.7. The molecule has 2 unspecified atom stereocenters. The third kappa shape index (κ3) is 4.75. The summed E-state index contributed by atoms with van der Waals surface area (Å²) >= 11 is 0. The van der Waals surface area contributed by atoms with Crippen molar-refractivity contribution in [2.45, 2.75) is 71.1 Å². The van der Waals surface area contributed by atoms with Crippen molar-refractivity contribution in [3.05, 3.63) is 24.5 Å². The normalized spacial score (nSPS) is 22.4. The van der Waals surface area contributed by atoms with Crippen molar-refractivity contribution in [1.82, 2.24) is 20.4 Å². The molecular weight excluding hydrogens is 382 g/mol. The number of rotatable bonds is 7. The molecule has 1 aliphatic heterocycles. The van der Waals surface area contributed by atoms with Gasteiger partial charge in [-0.1, -0.05) is 39.5 Å². The van der Waals surface area contributed by atoms with Crippen LogP contribution in [0.5, 0.6) is 0 Å². The number of aromatic nitrogens is 2. The van der Waals surface area contributed by atoms with E-state index in [4.69, 9.17) is 4.42 Å². The van der Waals surface area contributed by atoms with Gasteiger partial charge in [0.1, 0.15) is 11.5 Å². The molecule has 2 aromatic heterocycles. The second-order valence-electron chi connectivity index (χ2n) is 8.77. The van der Waals surface area contributed by atoms with Crippen molar-refractivity contribution in [3.63, 3.8) is 0 Å². The van der Waals surface area contributed by atoms with Gasteiger partial charge in [0.2, 0.25) is 11.8 Å². The van der Waals surface area contributed by atoms with E-state index in [2.05, 4.69) is 34.9 Å². The first-order chi connectivity index (χ1) is 14.5. The van der Waals surface area contributed by atoms with Crippen LogP contribution in [-0.2, 0) is 9.59 Å². The number of furan rings is 1. The van der Waals surface area contributed by atoms with Crippen LogP contribution in [0.25, 0.3) is 11.5 Å². The SMILES string of the molecule is CC(C)C1CC(=O)NC(n2nc(-c3ccco3)cc2NC(=O)CCC2CCCC2)N1. The van der Waals surface area contributed by atoms with Crippen molar-refractivity contribution in [3.8, 4) is 11.5 Å². The van der Waals surface area contributed by atoms with E-state index < -0.39 is 6.29 Å². The Balaban J connectivity index is 1.53. The summed E-state index contributed by atoms with van der Waals surface area (Å²) in [5.41, 5.74) is 0.605. The highest BCUT2D eigenvalue weighted by Crippen LogP contribution is 2.29. The lowest BCUT2D eigenvalue weighted by molar-refractivity contribution is -0.126. The Bertz CT molecular complexity index is 867. The molecule has 1 aliphatic carbocycles. The van der Waals surface area contributed by atoms with Crippen molar-refractivity contribution >= 4 is 17.6 Å². The minimum atomic E-state index is -0.535. The molecule has 3 heterocycles. The molecule has 2 aliphatic rings. The van der Waals surface area contributed by atoms with Crippen LogP contribution in [0.15, 0.2) is 28.9 Å². The topological polar surface area (TPSA) is 101 Å². The zero-order valence-corrected chi connectivity index (χ0v) is 17.7. The standard InChI is InChI=1S/C22H31N5O3/c1-14(2)16-13-21(29)25-22(23-16)27-19(12-17(26-27)18-8-5-11-30-18)24-20(28)10-9-15-6-3-4-7-15/h5,8,11-12,14-16,22-23H,3-4,6-7,9-10,13H2,1-2H3,(H,24,28)(H,25,29). The lowest BCUT2D eigenvalue weighted by atomic mass is 9.99. The molecule has 8 heteroatoms. The highest BCUT2D eigenvalue weighted by molar-refractivity contribution is 5.90. The lowest BCUT2D eigenvalue weighted by Crippen LogP contribution is -2.55. The number of amides is 2. The summed E-state index contributed by atoms with van der Waals surface area (Å²) in [6.07, 6.45) is 7.88. The van der Waals surface area contributed by atoms with Gasteiger partial charge in [-0.05, 0) is 30.4 Å². The van der Waals surface area contributed by atoms with Crippen LogP contribution in [0, 0.1) is 11.8 Å². The van der Waals surface area contributed by atoms with Gasteiger partial charge in [0.25, 0.3) is 0 Å². The Morgan fingerprint density at radius 2 is 2.17 bits per heavy atom. The lowest BCUT2D eigenvalue weighted by Gasteiger charge is -2.34. The Kier molecular flexibility index (Phi) is 6.22. The molecular formula is C22H31N5O3. The molecule has 2 aromatic rings. The molecule has 0 bridgehead atoms. The van der Waals surface area contributed by atoms with Gasteiger partial charge >= 0.3 is 0 Å². The minimum Gasteiger partial charge on any atom is -0.463 e. The molecule has 2 atom stereocenters. The van der Waals surface area contributed by atoms with Crippen molar-refractivity contribution in [1.29, 1.82) is 0 Å². The fourth-order valence-electron chi connectivity index (χ4n) is 4.34. The van der Waals surface area contributed by atoms with Gasteiger partial charge in [-0.15, -0.1) is 0 Å². The maximum atomic E-state index is 12.7. The average molecular weight is 414 g/mol. The predicted octanol–water partition coefficient (Wildman–Crippen LogP) is 3.64. The summed E-state index contributed by atoms with van der Waals surface area (Å²) in [6.45, 7) is 4.16. The Morgan fingerprint density at radius 1 is 1.37 bits per heavy atom. The monoisotopic (exact) mass is 413 g/mol. The third-order valence-corrected chi connectivity index (χ3v) is 6.16. The van der Waals surface area contributed by atoms with E-state index in [-0.39, 0.29) is 17.9 Å². The van der Waals surface area contributed by atoms with Gasteiger partial charge in [0.15, 0.2) is 12.0 Å². The van der Waals surface area contributed by atoms with Crippen molar-refractivity contribution in [2.75, 3.05) is 5.32 Å². The molecule has 3 N–H and O–H groups in total. The van der Waals surface area contributed by atoms with Crippen LogP contribution in [0.4, 0.5) is 5.82 Å². The maximum absolute atomic E-state index is 12.7. The molecule has 8 nitrogen and oxygen atoms in total. The second kappa shape index (κ2) is 9.04. The molecule has 4 rings (SSSR count). The third-order valence-electron chi connectivity index (χ3n) is 6.16. The Hall–Kier alpha value is -2.61. The molecule has 0 radical (unpaired) electrons. The number of carbonyl (C=O) groups is 2. The van der Waals surface area contributed by atoms with Crippen LogP contribution in [0.1, 0.15) is 65.1 Å². The smallest absolute Gasteiger partial charge is 0.225 e. The number of hydrogen-bond donors (Lipinski definition) is 3. The van der Waals surface area contributed by atoms with E-state index in [1.807, 2.05) is 6.07 Å². The zero-order chi connectivity index (χ0) is 21.1. The molecule has 0 spiro atoms. The first-order valence-corrected chi connectivity index (χ1v) is 11.0. The Labute approximate surface area is 176 Å². The molecule has 162 valence electrons. The highest BCUT2D eigenvalue weighted by Gasteiger charge is 2.31. The van der Waals surface area contributed by atoms with Crippen LogP contribution in [0.2, 0.25) is 0 Å². The number of anilines is 1. The fraction of sp³-hybridized carbons (Fsp3) is 0.591. The minimum absolute atomic E-state index is 0.0309. The van der Waals surface area contributed by atoms with E-state index >= 15 is 0 Å². The van der Waals surface area contributed by atoms with Crippen molar-refractivity contribution < 1.29 is 14.0 Å². The second-order valence-corrected chi connectivity index (χ2v) is 8.77. The quantitative estimate of drug-likeness (QED) is 0.643. The predicted molar refractivity (Wildman–Crippen MR) is 113 cm³/mol. The van der Waals surface area contributed by atoms with E-state index in [0.717, 1.165) is 6.42 Å². The van der Waals surface area contributed by atoms with Gasteiger partial charge in [-0.25, -0.2) is 4.68 Å². The molecule has 0 aromatic carbocycles. The number of hydrogen-bond acceptors (Lipinski definition) is 5. The number of nitrogens with zero attached hydrogens (tertiary/aromatic N) is 2. The average Bonchev–Trinajstić information content (AvgIpc) is 3.47. The zero-order valence-electron chi connectivity index (χ0n) is 17.7. The number of nitrogens with one attached hydrogen (secondary N) is 3. The summed E-state index contributed by atoms with van der Waals surface area (Å²) < 4.78 is 7.12. The van der Waals surface area contributed by atoms with E-state index in [1.165, 1.54) is 25.7 Å². The van der Waals surface area contributed by atoms with Crippen LogP contribution < -0.4 is 16.0 Å². The largest absolute Gasteiger partial charge is 0.463 e. The fourth-order valence-corrected chi connectivity index (χ4v) is 4.34. The van der Waals surface area contributed by atoms with E-state index in [0.29, 0.717) is 41.9 Å². The Morgan fingerprint density at radius 3 is 2.87 bits per heavy atom. The summed E-state index contributed by atoms with van der Waals surface area (Å²) in [5, 5.41) is 14.0. The molecule has 2 fully saturated rings. The summed E-state index contributed by atoms with van der Waals surface area (Å²) in [5.74, 6) is 2.04. The van der Waals surface area contributed by atoms with Crippen LogP contribution in [-0.4, -0.2) is 27.6 Å². The highest BCUT2D eigenvalue weighted by atomic mass is 16.3. The molecule has 30 heavy (non-hydrogen) atoms. The van der Waals surface area contributed by atoms with Gasteiger partial charge < -0.3 is 15.1 Å². The van der Waals surface area contributed by atoms with Gasteiger partial charge in [-0.2, -0.15) is 5.10 Å². The first-order valence-electron chi connectivity index (χ1n) is 11.0. The summed E-state index contributed by atoms with van der Waals surface area (Å²) in [6, 6.07) is 5.44. The van der Waals surface area contributed by atoms with Gasteiger partial charge in [-0.3, -0.25) is 14.9 Å². The van der Waals surface area contributed by atoms with Crippen LogP contribution >= 0.6 is 0 Å².